The Kier molecular flexibility index (Phi) is 3.31. The van der Waals surface area contributed by atoms with Gasteiger partial charge in [0.1, 0.15) is 0 Å². The molecule has 1 heterocycles. The first-order chi connectivity index (χ1) is 11.2. The van der Waals surface area contributed by atoms with Crippen molar-refractivity contribution in [3.05, 3.63) is 87.3 Å². The van der Waals surface area contributed by atoms with Crippen molar-refractivity contribution >= 4 is 23.4 Å². The van der Waals surface area contributed by atoms with Crippen LogP contribution in [0.2, 0.25) is 0 Å². The number of fused-ring (bicyclic) bond motifs is 1. The maximum Gasteiger partial charge on any atom is 0.180 e. The molecule has 114 valence electrons. The minimum Gasteiger partial charge on any atom is -0.319 e. The van der Waals surface area contributed by atoms with Gasteiger partial charge in [0.25, 0.3) is 0 Å². The molecule has 0 radical (unpaired) electrons. The molecule has 1 aliphatic carbocycles. The SMILES string of the molecule is Cn1c2c(n(C)c1=S)=C(c1ccccc1)CC=2c1ccccc1. The first-order valence-corrected chi connectivity index (χ1v) is 8.18. The Morgan fingerprint density at radius 2 is 1.09 bits per heavy atom. The number of nitrogens with zero attached hydrogens (tertiary/aromatic N) is 2. The Labute approximate surface area is 140 Å². The van der Waals surface area contributed by atoms with Crippen LogP contribution in [-0.2, 0) is 14.1 Å². The Bertz CT molecular complexity index is 971. The van der Waals surface area contributed by atoms with Crippen LogP contribution in [0.1, 0.15) is 17.5 Å². The quantitative estimate of drug-likeness (QED) is 0.661. The third-order valence-electron chi connectivity index (χ3n) is 4.64. The van der Waals surface area contributed by atoms with Gasteiger partial charge in [0.15, 0.2) is 4.77 Å². The predicted molar refractivity (Wildman–Crippen MR) is 97.0 cm³/mol. The molecule has 2 aromatic carbocycles. The van der Waals surface area contributed by atoms with Crippen molar-refractivity contribution in [3.63, 3.8) is 0 Å². The van der Waals surface area contributed by atoms with Gasteiger partial charge in [0.2, 0.25) is 0 Å². The summed E-state index contributed by atoms with van der Waals surface area (Å²) < 4.78 is 5.14. The van der Waals surface area contributed by atoms with Crippen molar-refractivity contribution in [2.45, 2.75) is 6.42 Å². The molecule has 0 spiro atoms. The molecule has 1 aliphatic rings. The lowest BCUT2D eigenvalue weighted by molar-refractivity contribution is 0.794. The second-order valence-corrected chi connectivity index (χ2v) is 6.33. The number of benzene rings is 2. The van der Waals surface area contributed by atoms with E-state index in [-0.39, 0.29) is 0 Å². The van der Waals surface area contributed by atoms with Crippen molar-refractivity contribution in [1.29, 1.82) is 0 Å². The fourth-order valence-corrected chi connectivity index (χ4v) is 3.71. The molecule has 0 atom stereocenters. The highest BCUT2D eigenvalue weighted by atomic mass is 32.1. The number of rotatable bonds is 2. The largest absolute Gasteiger partial charge is 0.319 e. The monoisotopic (exact) mass is 318 g/mol. The van der Waals surface area contributed by atoms with Crippen LogP contribution in [0.15, 0.2) is 60.7 Å². The summed E-state index contributed by atoms with van der Waals surface area (Å²) in [5.41, 5.74) is 5.26. The standard InChI is InChI=1S/C20H18N2S/c1-21-18-16(14-9-5-3-6-10-14)13-17(15-11-7-4-8-12-15)19(18)22(2)20(21)23/h3-12H,13H2,1-2H3. The molecule has 0 saturated heterocycles. The smallest absolute Gasteiger partial charge is 0.180 e. The van der Waals surface area contributed by atoms with Crippen LogP contribution in [0.3, 0.4) is 0 Å². The summed E-state index contributed by atoms with van der Waals surface area (Å²) in [4.78, 5) is 0. The van der Waals surface area contributed by atoms with E-state index in [4.69, 9.17) is 12.2 Å². The maximum atomic E-state index is 5.61. The van der Waals surface area contributed by atoms with Crippen LogP contribution in [0, 0.1) is 4.77 Å². The molecule has 0 fully saturated rings. The minimum absolute atomic E-state index is 0.858. The van der Waals surface area contributed by atoms with Crippen molar-refractivity contribution in [2.75, 3.05) is 0 Å². The summed E-state index contributed by atoms with van der Waals surface area (Å²) in [5, 5.41) is 2.50. The topological polar surface area (TPSA) is 9.86 Å². The summed E-state index contributed by atoms with van der Waals surface area (Å²) in [6.07, 6.45) is 0.940. The molecule has 0 saturated carbocycles. The molecular weight excluding hydrogens is 300 g/mol. The summed E-state index contributed by atoms with van der Waals surface area (Å²) in [5.74, 6) is 0. The van der Waals surface area contributed by atoms with Gasteiger partial charge in [-0.1, -0.05) is 60.7 Å². The van der Waals surface area contributed by atoms with Crippen molar-refractivity contribution in [1.82, 2.24) is 9.13 Å². The van der Waals surface area contributed by atoms with Crippen molar-refractivity contribution in [2.24, 2.45) is 14.1 Å². The maximum absolute atomic E-state index is 5.61. The van der Waals surface area contributed by atoms with Crippen LogP contribution in [0.5, 0.6) is 0 Å². The molecule has 1 aromatic heterocycles. The molecule has 0 unspecified atom stereocenters. The van der Waals surface area contributed by atoms with Gasteiger partial charge in [-0.25, -0.2) is 0 Å². The lowest BCUT2D eigenvalue weighted by atomic mass is 9.98. The first-order valence-electron chi connectivity index (χ1n) is 7.77. The average Bonchev–Trinajstić information content (AvgIpc) is 3.10. The molecule has 2 nitrogen and oxygen atoms in total. The van der Waals surface area contributed by atoms with Gasteiger partial charge in [-0.15, -0.1) is 0 Å². The Balaban J connectivity index is 2.13. The van der Waals surface area contributed by atoms with E-state index in [0.717, 1.165) is 11.2 Å². The van der Waals surface area contributed by atoms with Gasteiger partial charge in [0.05, 0.1) is 10.7 Å². The molecule has 23 heavy (non-hydrogen) atoms. The van der Waals surface area contributed by atoms with E-state index in [2.05, 4.69) is 83.9 Å². The van der Waals surface area contributed by atoms with Gasteiger partial charge >= 0.3 is 0 Å². The number of hydrogen-bond acceptors (Lipinski definition) is 1. The highest BCUT2D eigenvalue weighted by Crippen LogP contribution is 2.27. The molecule has 3 heteroatoms. The number of hydrogen-bond donors (Lipinski definition) is 0. The molecule has 0 N–H and O–H groups in total. The van der Waals surface area contributed by atoms with Crippen LogP contribution in [0.25, 0.3) is 11.1 Å². The van der Waals surface area contributed by atoms with Gasteiger partial charge in [-0.3, -0.25) is 0 Å². The van der Waals surface area contributed by atoms with Crippen LogP contribution >= 0.6 is 12.2 Å². The van der Waals surface area contributed by atoms with Gasteiger partial charge in [-0.05, 0) is 34.5 Å². The molecule has 0 aliphatic heterocycles. The van der Waals surface area contributed by atoms with E-state index in [1.54, 1.807) is 0 Å². The zero-order valence-corrected chi connectivity index (χ0v) is 14.1. The van der Waals surface area contributed by atoms with E-state index in [1.165, 1.54) is 33.0 Å². The fraction of sp³-hybridized carbons (Fsp3) is 0.150. The molecule has 4 rings (SSSR count). The molecular formula is C20H18N2S. The van der Waals surface area contributed by atoms with Gasteiger partial charge in [-0.2, -0.15) is 0 Å². The Morgan fingerprint density at radius 3 is 1.48 bits per heavy atom. The van der Waals surface area contributed by atoms with Gasteiger partial charge in [0, 0.05) is 20.5 Å². The highest BCUT2D eigenvalue weighted by Gasteiger charge is 2.21. The second-order valence-electron chi connectivity index (χ2n) is 5.96. The summed E-state index contributed by atoms with van der Waals surface area (Å²) in [6.45, 7) is 0. The number of imidazole rings is 1. The molecule has 3 aromatic rings. The van der Waals surface area contributed by atoms with E-state index in [0.29, 0.717) is 0 Å². The summed E-state index contributed by atoms with van der Waals surface area (Å²) in [7, 11) is 4.14. The lowest BCUT2D eigenvalue weighted by Crippen LogP contribution is -2.32. The average molecular weight is 318 g/mol. The highest BCUT2D eigenvalue weighted by molar-refractivity contribution is 7.71. The minimum atomic E-state index is 0.858. The Hall–Kier alpha value is -2.39. The Morgan fingerprint density at radius 1 is 0.696 bits per heavy atom. The molecule has 0 amide bonds. The van der Waals surface area contributed by atoms with Crippen LogP contribution in [-0.4, -0.2) is 9.13 Å². The normalized spacial score (nSPS) is 13.5. The molecule has 0 bridgehead atoms. The first kappa shape index (κ1) is 14.2. The van der Waals surface area contributed by atoms with Gasteiger partial charge < -0.3 is 9.13 Å². The van der Waals surface area contributed by atoms with Crippen LogP contribution < -0.4 is 10.7 Å². The van der Waals surface area contributed by atoms with E-state index >= 15 is 0 Å². The zero-order valence-electron chi connectivity index (χ0n) is 13.3. The number of aromatic nitrogens is 2. The van der Waals surface area contributed by atoms with E-state index < -0.39 is 0 Å². The lowest BCUT2D eigenvalue weighted by Gasteiger charge is -2.08. The third kappa shape index (κ3) is 2.12. The van der Waals surface area contributed by atoms with E-state index in [9.17, 15) is 0 Å². The van der Waals surface area contributed by atoms with Crippen LogP contribution in [0.4, 0.5) is 0 Å². The van der Waals surface area contributed by atoms with Crippen molar-refractivity contribution in [3.8, 4) is 0 Å². The predicted octanol–water partition coefficient (Wildman–Crippen LogP) is 2.89. The third-order valence-corrected chi connectivity index (χ3v) is 5.19. The zero-order chi connectivity index (χ0) is 16.0. The summed E-state index contributed by atoms with van der Waals surface area (Å²) in [6, 6.07) is 21.2. The second kappa shape index (κ2) is 5.36. The van der Waals surface area contributed by atoms with E-state index in [1.807, 2.05) is 0 Å². The summed E-state index contributed by atoms with van der Waals surface area (Å²) >= 11 is 5.61. The van der Waals surface area contributed by atoms with Crippen molar-refractivity contribution < 1.29 is 0 Å². The fourth-order valence-electron chi connectivity index (χ4n) is 3.53.